The van der Waals surface area contributed by atoms with Gasteiger partial charge in [-0.15, -0.1) is 16.6 Å². The Kier molecular flexibility index (Phi) is 2.79. The number of H-pyrrole nitrogens is 1. The molecule has 1 aromatic rings. The van der Waals surface area contributed by atoms with Gasteiger partial charge in [0.1, 0.15) is 0 Å². The summed E-state index contributed by atoms with van der Waals surface area (Å²) >= 11 is 0. The van der Waals surface area contributed by atoms with Crippen molar-refractivity contribution in [1.29, 1.82) is 0 Å². The fourth-order valence-electron chi connectivity index (χ4n) is 0.627. The molecule has 12 heavy (non-hydrogen) atoms. The molecule has 0 aliphatic rings. The van der Waals surface area contributed by atoms with Crippen LogP contribution in [0.2, 0.25) is 0 Å². The lowest BCUT2D eigenvalue weighted by molar-refractivity contribution is -0.115. The number of aromatic amines is 1. The number of amides is 1. The highest BCUT2D eigenvalue weighted by atomic mass is 16.1. The number of aromatic nitrogens is 4. The van der Waals surface area contributed by atoms with E-state index in [4.69, 9.17) is 6.42 Å². The Labute approximate surface area is 68.7 Å². The van der Waals surface area contributed by atoms with Crippen molar-refractivity contribution in [2.24, 2.45) is 0 Å². The van der Waals surface area contributed by atoms with Gasteiger partial charge < -0.3 is 5.32 Å². The molecule has 1 aromatic heterocycles. The van der Waals surface area contributed by atoms with E-state index >= 15 is 0 Å². The monoisotopic (exact) mass is 165 g/mol. The van der Waals surface area contributed by atoms with E-state index < -0.39 is 5.91 Å². The van der Waals surface area contributed by atoms with Crippen molar-refractivity contribution >= 4 is 5.91 Å². The first-order valence-corrected chi connectivity index (χ1v) is 3.29. The Hall–Kier alpha value is -1.90. The van der Waals surface area contributed by atoms with Gasteiger partial charge in [0.05, 0.1) is 0 Å². The van der Waals surface area contributed by atoms with Gasteiger partial charge in [-0.05, 0) is 5.92 Å². The third-order valence-electron chi connectivity index (χ3n) is 1.15. The van der Waals surface area contributed by atoms with E-state index in [2.05, 4.69) is 25.9 Å². The number of nitrogens with one attached hydrogen (secondary N) is 2. The van der Waals surface area contributed by atoms with Gasteiger partial charge in [0.25, 0.3) is 5.91 Å². The summed E-state index contributed by atoms with van der Waals surface area (Å²) in [6.07, 6.45) is 5.34. The quantitative estimate of drug-likeness (QED) is 0.533. The molecule has 1 rings (SSSR count). The second kappa shape index (κ2) is 4.08. The maximum atomic E-state index is 10.5. The number of rotatable bonds is 3. The minimum Gasteiger partial charge on any atom is -0.345 e. The van der Waals surface area contributed by atoms with Crippen molar-refractivity contribution in [1.82, 2.24) is 25.9 Å². The summed E-state index contributed by atoms with van der Waals surface area (Å²) in [5, 5.41) is 15.5. The van der Waals surface area contributed by atoms with Crippen LogP contribution >= 0.6 is 0 Å². The molecular weight excluding hydrogens is 158 g/mol. The van der Waals surface area contributed by atoms with Gasteiger partial charge in [0.15, 0.2) is 5.82 Å². The predicted molar refractivity (Wildman–Crippen MR) is 39.7 cm³/mol. The van der Waals surface area contributed by atoms with Crippen LogP contribution in [-0.2, 0) is 11.2 Å². The van der Waals surface area contributed by atoms with Crippen molar-refractivity contribution in [2.75, 3.05) is 6.54 Å². The van der Waals surface area contributed by atoms with Crippen LogP contribution in [0.25, 0.3) is 0 Å². The molecule has 0 aliphatic carbocycles. The minimum atomic E-state index is -0.432. The molecule has 1 heterocycles. The molecule has 6 nitrogen and oxygen atoms in total. The van der Waals surface area contributed by atoms with Gasteiger partial charge >= 0.3 is 0 Å². The highest BCUT2D eigenvalue weighted by molar-refractivity contribution is 5.92. The van der Waals surface area contributed by atoms with Crippen molar-refractivity contribution < 1.29 is 4.79 Å². The maximum Gasteiger partial charge on any atom is 0.295 e. The van der Waals surface area contributed by atoms with Crippen LogP contribution in [0.15, 0.2) is 0 Å². The summed E-state index contributed by atoms with van der Waals surface area (Å²) in [6.45, 7) is 0.419. The zero-order valence-electron chi connectivity index (χ0n) is 6.24. The lowest BCUT2D eigenvalue weighted by atomic mass is 10.4. The van der Waals surface area contributed by atoms with Gasteiger partial charge in [0.2, 0.25) is 0 Å². The molecule has 0 saturated carbocycles. The van der Waals surface area contributed by atoms with Gasteiger partial charge in [-0.25, -0.2) is 0 Å². The highest BCUT2D eigenvalue weighted by Gasteiger charge is 1.98. The topological polar surface area (TPSA) is 83.6 Å². The van der Waals surface area contributed by atoms with E-state index in [1.807, 2.05) is 5.92 Å². The largest absolute Gasteiger partial charge is 0.345 e. The van der Waals surface area contributed by atoms with Crippen LogP contribution in [0.3, 0.4) is 0 Å². The fourth-order valence-corrected chi connectivity index (χ4v) is 0.627. The number of terminal acetylenes is 1. The average Bonchev–Trinajstić information content (AvgIpc) is 2.57. The standard InChI is InChI=1S/C6H7N5O/c1-2-6(12)7-4-3-5-8-10-11-9-5/h1H,3-4H2,(H,7,12)(H,8,9,10,11). The van der Waals surface area contributed by atoms with Crippen LogP contribution in [0.4, 0.5) is 0 Å². The first kappa shape index (κ1) is 8.20. The van der Waals surface area contributed by atoms with Gasteiger partial charge in [0, 0.05) is 13.0 Å². The predicted octanol–water partition coefficient (Wildman–Crippen LogP) is -1.51. The molecule has 0 fully saturated rings. The van der Waals surface area contributed by atoms with Crippen LogP contribution in [0, 0.1) is 12.3 Å². The van der Waals surface area contributed by atoms with Crippen LogP contribution < -0.4 is 5.32 Å². The van der Waals surface area contributed by atoms with Gasteiger partial charge in [-0.1, -0.05) is 5.21 Å². The van der Waals surface area contributed by atoms with Crippen molar-refractivity contribution in [3.05, 3.63) is 5.82 Å². The van der Waals surface area contributed by atoms with Crippen LogP contribution in [0.5, 0.6) is 0 Å². The SMILES string of the molecule is C#CC(=O)NCCc1nn[nH]n1. The van der Waals surface area contributed by atoms with Gasteiger partial charge in [-0.3, -0.25) is 4.79 Å². The highest BCUT2D eigenvalue weighted by Crippen LogP contribution is 1.82. The Bertz CT molecular complexity index is 285. The van der Waals surface area contributed by atoms with E-state index in [0.29, 0.717) is 18.8 Å². The number of tetrazole rings is 1. The summed E-state index contributed by atoms with van der Waals surface area (Å²) in [7, 11) is 0. The molecule has 0 aliphatic heterocycles. The average molecular weight is 165 g/mol. The zero-order valence-corrected chi connectivity index (χ0v) is 6.24. The minimum absolute atomic E-state index is 0.419. The Morgan fingerprint density at radius 1 is 1.75 bits per heavy atom. The lowest BCUT2D eigenvalue weighted by Crippen LogP contribution is -2.24. The Morgan fingerprint density at radius 3 is 3.17 bits per heavy atom. The molecular formula is C6H7N5O. The number of nitrogens with zero attached hydrogens (tertiary/aromatic N) is 3. The van der Waals surface area contributed by atoms with Gasteiger partial charge in [-0.2, -0.15) is 5.21 Å². The molecule has 0 aromatic carbocycles. The molecule has 0 atom stereocenters. The molecule has 62 valence electrons. The molecule has 2 N–H and O–H groups in total. The smallest absolute Gasteiger partial charge is 0.295 e. The normalized spacial score (nSPS) is 8.92. The molecule has 0 bridgehead atoms. The number of hydrogen-bond donors (Lipinski definition) is 2. The van der Waals surface area contributed by atoms with E-state index in [1.165, 1.54) is 0 Å². The zero-order chi connectivity index (χ0) is 8.81. The van der Waals surface area contributed by atoms with Crippen LogP contribution in [-0.4, -0.2) is 33.1 Å². The third kappa shape index (κ3) is 2.38. The van der Waals surface area contributed by atoms with E-state index in [1.54, 1.807) is 0 Å². The van der Waals surface area contributed by atoms with Crippen molar-refractivity contribution in [3.8, 4) is 12.3 Å². The summed E-state index contributed by atoms with van der Waals surface area (Å²) in [5.74, 6) is 2.05. The van der Waals surface area contributed by atoms with E-state index in [0.717, 1.165) is 0 Å². The molecule has 0 saturated heterocycles. The molecule has 0 radical (unpaired) electrons. The third-order valence-corrected chi connectivity index (χ3v) is 1.15. The summed E-state index contributed by atoms with van der Waals surface area (Å²) in [6, 6.07) is 0. The second-order valence-electron chi connectivity index (χ2n) is 1.98. The van der Waals surface area contributed by atoms with E-state index in [-0.39, 0.29) is 0 Å². The second-order valence-corrected chi connectivity index (χ2v) is 1.98. The van der Waals surface area contributed by atoms with Crippen molar-refractivity contribution in [3.63, 3.8) is 0 Å². The summed E-state index contributed by atoms with van der Waals surface area (Å²) in [5.41, 5.74) is 0. The summed E-state index contributed by atoms with van der Waals surface area (Å²) < 4.78 is 0. The molecule has 0 unspecified atom stereocenters. The Morgan fingerprint density at radius 2 is 2.58 bits per heavy atom. The summed E-state index contributed by atoms with van der Waals surface area (Å²) in [4.78, 5) is 10.5. The molecule has 6 heteroatoms. The maximum absolute atomic E-state index is 10.5. The number of carbonyl (C=O) groups is 1. The number of hydrogen-bond acceptors (Lipinski definition) is 4. The molecule has 1 amide bonds. The fraction of sp³-hybridized carbons (Fsp3) is 0.333. The van der Waals surface area contributed by atoms with Crippen molar-refractivity contribution in [2.45, 2.75) is 6.42 Å². The lowest BCUT2D eigenvalue weighted by Gasteiger charge is -1.95. The van der Waals surface area contributed by atoms with Crippen LogP contribution in [0.1, 0.15) is 5.82 Å². The first-order chi connectivity index (χ1) is 5.83. The molecule has 0 spiro atoms. The Balaban J connectivity index is 2.20. The van der Waals surface area contributed by atoms with E-state index in [9.17, 15) is 4.79 Å². The first-order valence-electron chi connectivity index (χ1n) is 3.29. The number of carbonyl (C=O) groups excluding carboxylic acids is 1.